The summed E-state index contributed by atoms with van der Waals surface area (Å²) in [6, 6.07) is 11.9. The van der Waals surface area contributed by atoms with Crippen LogP contribution in [0.1, 0.15) is 37.3 Å². The van der Waals surface area contributed by atoms with Gasteiger partial charge < -0.3 is 10.2 Å². The molecule has 0 saturated heterocycles. The van der Waals surface area contributed by atoms with Crippen LogP contribution in [0.3, 0.4) is 0 Å². The number of halogens is 1. The average molecular weight is 293 g/mol. The number of likely N-dealkylation sites (N-methyl/N-ethyl adjacent to an activating group) is 1. The molecule has 3 nitrogen and oxygen atoms in total. The summed E-state index contributed by atoms with van der Waals surface area (Å²) in [4.78, 5) is 2.20. The third-order valence-corrected chi connectivity index (χ3v) is 4.08. The van der Waals surface area contributed by atoms with Crippen molar-refractivity contribution in [1.82, 2.24) is 4.90 Å². The third-order valence-electron chi connectivity index (χ3n) is 3.74. The van der Waals surface area contributed by atoms with E-state index >= 15 is 0 Å². The van der Waals surface area contributed by atoms with Crippen molar-refractivity contribution >= 4 is 11.6 Å². The highest BCUT2D eigenvalue weighted by Crippen LogP contribution is 2.33. The first kappa shape index (κ1) is 15.1. The summed E-state index contributed by atoms with van der Waals surface area (Å²) in [6.07, 6.45) is 1.68. The first-order valence-corrected chi connectivity index (χ1v) is 7.15. The highest BCUT2D eigenvalue weighted by molar-refractivity contribution is 6.31. The molecular weight excluding hydrogens is 272 g/mol. The quantitative estimate of drug-likeness (QED) is 0.905. The van der Waals surface area contributed by atoms with Crippen LogP contribution in [0.15, 0.2) is 47.1 Å². The predicted molar refractivity (Wildman–Crippen MR) is 82.7 cm³/mol. The summed E-state index contributed by atoms with van der Waals surface area (Å²) in [6.45, 7) is 4.11. The van der Waals surface area contributed by atoms with Crippen LogP contribution in [-0.4, -0.2) is 18.0 Å². The van der Waals surface area contributed by atoms with Crippen LogP contribution in [0, 0.1) is 0 Å². The van der Waals surface area contributed by atoms with Gasteiger partial charge in [-0.2, -0.15) is 0 Å². The van der Waals surface area contributed by atoms with Crippen LogP contribution in [0.2, 0.25) is 5.02 Å². The Hall–Kier alpha value is -1.29. The lowest BCUT2D eigenvalue weighted by Crippen LogP contribution is -2.38. The van der Waals surface area contributed by atoms with Gasteiger partial charge in [-0.15, -0.1) is 0 Å². The van der Waals surface area contributed by atoms with Crippen LogP contribution in [0.5, 0.6) is 0 Å². The van der Waals surface area contributed by atoms with Gasteiger partial charge in [0.05, 0.1) is 12.3 Å². The fraction of sp³-hybridized carbons (Fsp3) is 0.375. The van der Waals surface area contributed by atoms with E-state index in [0.717, 1.165) is 16.3 Å². The molecule has 0 bridgehead atoms. The fourth-order valence-corrected chi connectivity index (χ4v) is 2.86. The number of hydrogen-bond donors (Lipinski definition) is 1. The van der Waals surface area contributed by atoms with Crippen molar-refractivity contribution in [3.63, 3.8) is 0 Å². The molecule has 0 aliphatic carbocycles. The van der Waals surface area contributed by atoms with Crippen LogP contribution in [0.4, 0.5) is 0 Å². The maximum absolute atomic E-state index is 6.29. The van der Waals surface area contributed by atoms with E-state index in [2.05, 4.69) is 11.8 Å². The van der Waals surface area contributed by atoms with Gasteiger partial charge >= 0.3 is 0 Å². The van der Waals surface area contributed by atoms with E-state index < -0.39 is 0 Å². The maximum atomic E-state index is 6.29. The first-order chi connectivity index (χ1) is 9.52. The second-order valence-electron chi connectivity index (χ2n) is 5.18. The number of benzene rings is 1. The summed E-state index contributed by atoms with van der Waals surface area (Å²) in [5.74, 6) is 0.876. The van der Waals surface area contributed by atoms with E-state index in [4.69, 9.17) is 21.8 Å². The molecule has 1 heterocycles. The molecule has 3 unspecified atom stereocenters. The predicted octanol–water partition coefficient (Wildman–Crippen LogP) is 4.01. The van der Waals surface area contributed by atoms with Gasteiger partial charge in [-0.3, -0.25) is 4.90 Å². The molecule has 2 rings (SSSR count). The van der Waals surface area contributed by atoms with Crippen molar-refractivity contribution in [2.75, 3.05) is 7.05 Å². The largest absolute Gasteiger partial charge is 0.468 e. The minimum atomic E-state index is -0.0453. The van der Waals surface area contributed by atoms with Crippen LogP contribution < -0.4 is 5.73 Å². The van der Waals surface area contributed by atoms with E-state index in [9.17, 15) is 0 Å². The Bertz CT molecular complexity index is 539. The van der Waals surface area contributed by atoms with Gasteiger partial charge in [-0.05, 0) is 44.7 Å². The van der Waals surface area contributed by atoms with Crippen molar-refractivity contribution in [2.45, 2.75) is 32.0 Å². The summed E-state index contributed by atoms with van der Waals surface area (Å²) >= 11 is 6.29. The molecule has 0 radical (unpaired) electrons. The molecule has 3 atom stereocenters. The van der Waals surface area contributed by atoms with E-state index in [1.807, 2.05) is 50.4 Å². The third kappa shape index (κ3) is 3.06. The first-order valence-electron chi connectivity index (χ1n) is 6.77. The number of hydrogen-bond acceptors (Lipinski definition) is 3. The van der Waals surface area contributed by atoms with Gasteiger partial charge in [-0.25, -0.2) is 0 Å². The minimum absolute atomic E-state index is 0.0104. The van der Waals surface area contributed by atoms with E-state index in [0.29, 0.717) is 0 Å². The molecular formula is C16H21ClN2O. The van der Waals surface area contributed by atoms with Crippen LogP contribution >= 0.6 is 11.6 Å². The molecule has 0 aliphatic rings. The van der Waals surface area contributed by atoms with Crippen molar-refractivity contribution < 1.29 is 4.42 Å². The van der Waals surface area contributed by atoms with Gasteiger partial charge in [0.15, 0.2) is 0 Å². The summed E-state index contributed by atoms with van der Waals surface area (Å²) in [5.41, 5.74) is 7.24. The average Bonchev–Trinajstić information content (AvgIpc) is 2.92. The number of furan rings is 1. The number of nitrogens with zero attached hydrogens (tertiary/aromatic N) is 1. The standard InChI is InChI=1S/C16H21ClN2O/c1-11(18)16(15-9-6-10-20-15)19(3)12(2)13-7-4-5-8-14(13)17/h4-12,16H,18H2,1-3H3. The summed E-state index contributed by atoms with van der Waals surface area (Å²) < 4.78 is 5.54. The monoisotopic (exact) mass is 292 g/mol. The topological polar surface area (TPSA) is 42.4 Å². The molecule has 2 aromatic rings. The van der Waals surface area contributed by atoms with E-state index in [1.165, 1.54) is 0 Å². The molecule has 0 saturated carbocycles. The van der Waals surface area contributed by atoms with Gasteiger partial charge in [0, 0.05) is 17.1 Å². The zero-order chi connectivity index (χ0) is 14.7. The van der Waals surface area contributed by atoms with Crippen molar-refractivity contribution in [3.05, 3.63) is 59.0 Å². The van der Waals surface area contributed by atoms with Gasteiger partial charge in [0.1, 0.15) is 5.76 Å². The lowest BCUT2D eigenvalue weighted by Gasteiger charge is -2.34. The molecule has 4 heteroatoms. The second kappa shape index (κ2) is 6.44. The Morgan fingerprint density at radius 1 is 1.15 bits per heavy atom. The maximum Gasteiger partial charge on any atom is 0.122 e. The molecule has 0 fully saturated rings. The van der Waals surface area contributed by atoms with Crippen LogP contribution in [0.25, 0.3) is 0 Å². The summed E-state index contributed by atoms with van der Waals surface area (Å²) in [7, 11) is 2.05. The van der Waals surface area contributed by atoms with Crippen LogP contribution in [-0.2, 0) is 0 Å². The summed E-state index contributed by atoms with van der Waals surface area (Å²) in [5, 5.41) is 0.773. The zero-order valence-corrected chi connectivity index (χ0v) is 12.8. The molecule has 1 aromatic carbocycles. The van der Waals surface area contributed by atoms with E-state index in [-0.39, 0.29) is 18.1 Å². The van der Waals surface area contributed by atoms with Crippen molar-refractivity contribution in [3.8, 4) is 0 Å². The molecule has 0 aliphatic heterocycles. The minimum Gasteiger partial charge on any atom is -0.468 e. The number of rotatable bonds is 5. The SMILES string of the molecule is CC(N)C(c1ccco1)N(C)C(C)c1ccccc1Cl. The Labute approximate surface area is 125 Å². The lowest BCUT2D eigenvalue weighted by atomic mass is 10.0. The molecule has 0 spiro atoms. The Kier molecular flexibility index (Phi) is 4.86. The molecule has 0 amide bonds. The van der Waals surface area contributed by atoms with E-state index in [1.54, 1.807) is 6.26 Å². The smallest absolute Gasteiger partial charge is 0.122 e. The molecule has 2 N–H and O–H groups in total. The highest BCUT2D eigenvalue weighted by atomic mass is 35.5. The second-order valence-corrected chi connectivity index (χ2v) is 5.59. The van der Waals surface area contributed by atoms with Crippen molar-refractivity contribution in [1.29, 1.82) is 0 Å². The number of nitrogens with two attached hydrogens (primary N) is 1. The molecule has 1 aromatic heterocycles. The Balaban J connectivity index is 2.28. The Morgan fingerprint density at radius 2 is 1.85 bits per heavy atom. The highest BCUT2D eigenvalue weighted by Gasteiger charge is 2.28. The molecule has 108 valence electrons. The lowest BCUT2D eigenvalue weighted by molar-refractivity contribution is 0.145. The van der Waals surface area contributed by atoms with Gasteiger partial charge in [0.2, 0.25) is 0 Å². The van der Waals surface area contributed by atoms with Gasteiger partial charge in [0.25, 0.3) is 0 Å². The van der Waals surface area contributed by atoms with Gasteiger partial charge in [-0.1, -0.05) is 29.8 Å². The zero-order valence-electron chi connectivity index (χ0n) is 12.1. The Morgan fingerprint density at radius 3 is 2.40 bits per heavy atom. The fourth-order valence-electron chi connectivity index (χ4n) is 2.56. The molecule has 20 heavy (non-hydrogen) atoms. The normalized spacial score (nSPS) is 16.1. The van der Waals surface area contributed by atoms with Crippen molar-refractivity contribution in [2.24, 2.45) is 5.73 Å².